The van der Waals surface area contributed by atoms with Crippen molar-refractivity contribution in [3.05, 3.63) is 34.9 Å². The van der Waals surface area contributed by atoms with Crippen LogP contribution in [-0.4, -0.2) is 6.04 Å². The first-order valence-electron chi connectivity index (χ1n) is 5.44. The normalized spacial score (nSPS) is 12.9. The van der Waals surface area contributed by atoms with Gasteiger partial charge in [0.25, 0.3) is 0 Å². The van der Waals surface area contributed by atoms with Crippen molar-refractivity contribution in [3.8, 4) is 0 Å². The van der Waals surface area contributed by atoms with Crippen LogP contribution in [0.1, 0.15) is 36.5 Å². The van der Waals surface area contributed by atoms with Crippen LogP contribution in [0.2, 0.25) is 0 Å². The second kappa shape index (κ2) is 5.16. The van der Waals surface area contributed by atoms with Crippen LogP contribution in [0.15, 0.2) is 18.2 Å². The Bertz CT molecular complexity index is 271. The fraction of sp³-hybridized carbons (Fsp3) is 0.538. The van der Waals surface area contributed by atoms with Crippen molar-refractivity contribution in [2.24, 2.45) is 5.73 Å². The molecule has 0 saturated carbocycles. The Morgan fingerprint density at radius 1 is 1.14 bits per heavy atom. The number of aryl methyl sites for hydroxylation is 2. The zero-order valence-electron chi connectivity index (χ0n) is 9.51. The lowest BCUT2D eigenvalue weighted by Crippen LogP contribution is -2.22. The highest BCUT2D eigenvalue weighted by Crippen LogP contribution is 2.11. The number of hydrogen-bond acceptors (Lipinski definition) is 1. The third-order valence-electron chi connectivity index (χ3n) is 2.44. The van der Waals surface area contributed by atoms with Gasteiger partial charge in [0.05, 0.1) is 0 Å². The molecule has 0 unspecified atom stereocenters. The van der Waals surface area contributed by atoms with Gasteiger partial charge >= 0.3 is 0 Å². The maximum Gasteiger partial charge on any atom is 0.00792 e. The van der Waals surface area contributed by atoms with E-state index >= 15 is 0 Å². The van der Waals surface area contributed by atoms with Gasteiger partial charge in [-0.1, -0.05) is 42.7 Å². The molecular weight excluding hydrogens is 170 g/mol. The van der Waals surface area contributed by atoms with Gasteiger partial charge in [0, 0.05) is 6.04 Å². The van der Waals surface area contributed by atoms with Gasteiger partial charge < -0.3 is 5.73 Å². The third-order valence-corrected chi connectivity index (χ3v) is 2.44. The summed E-state index contributed by atoms with van der Waals surface area (Å²) in [6, 6.07) is 7.00. The molecule has 0 bridgehead atoms. The minimum absolute atomic E-state index is 0.321. The zero-order valence-corrected chi connectivity index (χ0v) is 9.51. The SMILES string of the molecule is CCC[C@@H](N)Cc1cc(C)cc(C)c1. The van der Waals surface area contributed by atoms with E-state index in [0.29, 0.717) is 6.04 Å². The topological polar surface area (TPSA) is 26.0 Å². The van der Waals surface area contributed by atoms with E-state index in [-0.39, 0.29) is 0 Å². The van der Waals surface area contributed by atoms with Gasteiger partial charge in [-0.3, -0.25) is 0 Å². The molecule has 0 aliphatic carbocycles. The van der Waals surface area contributed by atoms with E-state index < -0.39 is 0 Å². The molecule has 0 spiro atoms. The number of hydrogen-bond donors (Lipinski definition) is 1. The molecule has 1 atom stereocenters. The standard InChI is InChI=1S/C13H21N/c1-4-5-13(14)9-12-7-10(2)6-11(3)8-12/h6-8,13H,4-5,9,14H2,1-3H3/t13-/m1/s1. The van der Waals surface area contributed by atoms with E-state index in [0.717, 1.165) is 12.8 Å². The van der Waals surface area contributed by atoms with Gasteiger partial charge in [-0.25, -0.2) is 0 Å². The molecule has 1 aromatic carbocycles. The van der Waals surface area contributed by atoms with Crippen molar-refractivity contribution in [2.75, 3.05) is 0 Å². The fourth-order valence-corrected chi connectivity index (χ4v) is 1.96. The number of benzene rings is 1. The highest BCUT2D eigenvalue weighted by molar-refractivity contribution is 5.29. The lowest BCUT2D eigenvalue weighted by molar-refractivity contribution is 0.600. The third kappa shape index (κ3) is 3.51. The molecule has 0 heterocycles. The highest BCUT2D eigenvalue weighted by atomic mass is 14.6. The molecule has 0 fully saturated rings. The second-order valence-corrected chi connectivity index (χ2v) is 4.25. The maximum absolute atomic E-state index is 6.02. The summed E-state index contributed by atoms with van der Waals surface area (Å²) in [5.41, 5.74) is 10.1. The summed E-state index contributed by atoms with van der Waals surface area (Å²) in [6.45, 7) is 6.46. The molecule has 2 N–H and O–H groups in total. The van der Waals surface area contributed by atoms with Crippen molar-refractivity contribution in [1.82, 2.24) is 0 Å². The first-order valence-corrected chi connectivity index (χ1v) is 5.44. The second-order valence-electron chi connectivity index (χ2n) is 4.25. The maximum atomic E-state index is 6.02. The smallest absolute Gasteiger partial charge is 0.00792 e. The van der Waals surface area contributed by atoms with Crippen LogP contribution < -0.4 is 5.73 Å². The van der Waals surface area contributed by atoms with E-state index in [1.165, 1.54) is 23.1 Å². The van der Waals surface area contributed by atoms with Gasteiger partial charge in [-0.05, 0) is 32.3 Å². The monoisotopic (exact) mass is 191 g/mol. The zero-order chi connectivity index (χ0) is 10.6. The fourth-order valence-electron chi connectivity index (χ4n) is 1.96. The molecule has 0 aliphatic rings. The Labute approximate surface area is 87.3 Å². The molecule has 1 nitrogen and oxygen atoms in total. The first kappa shape index (κ1) is 11.3. The Morgan fingerprint density at radius 2 is 1.71 bits per heavy atom. The summed E-state index contributed by atoms with van der Waals surface area (Å²) in [5.74, 6) is 0. The Balaban J connectivity index is 2.66. The number of rotatable bonds is 4. The largest absolute Gasteiger partial charge is 0.327 e. The van der Waals surface area contributed by atoms with Crippen LogP contribution in [0.4, 0.5) is 0 Å². The van der Waals surface area contributed by atoms with Crippen LogP contribution in [0, 0.1) is 13.8 Å². The predicted octanol–water partition coefficient (Wildman–Crippen LogP) is 2.97. The molecular formula is C13H21N. The van der Waals surface area contributed by atoms with Crippen LogP contribution in [-0.2, 0) is 6.42 Å². The molecule has 0 aliphatic heterocycles. The molecule has 0 radical (unpaired) electrons. The van der Waals surface area contributed by atoms with Crippen molar-refractivity contribution >= 4 is 0 Å². The molecule has 0 aromatic heterocycles. The van der Waals surface area contributed by atoms with E-state index in [4.69, 9.17) is 5.73 Å². The summed E-state index contributed by atoms with van der Waals surface area (Å²) in [5, 5.41) is 0. The van der Waals surface area contributed by atoms with Crippen LogP contribution in [0.5, 0.6) is 0 Å². The lowest BCUT2D eigenvalue weighted by Gasteiger charge is -2.11. The van der Waals surface area contributed by atoms with E-state index in [9.17, 15) is 0 Å². The van der Waals surface area contributed by atoms with Crippen molar-refractivity contribution in [3.63, 3.8) is 0 Å². The first-order chi connectivity index (χ1) is 6.61. The van der Waals surface area contributed by atoms with Gasteiger partial charge in [-0.2, -0.15) is 0 Å². The van der Waals surface area contributed by atoms with Crippen molar-refractivity contribution in [2.45, 2.75) is 46.1 Å². The Hall–Kier alpha value is -0.820. The highest BCUT2D eigenvalue weighted by Gasteiger charge is 2.03. The Morgan fingerprint density at radius 3 is 2.21 bits per heavy atom. The van der Waals surface area contributed by atoms with Crippen molar-refractivity contribution < 1.29 is 0 Å². The molecule has 1 heteroatoms. The van der Waals surface area contributed by atoms with Gasteiger partial charge in [0.2, 0.25) is 0 Å². The summed E-state index contributed by atoms with van der Waals surface area (Å²) in [7, 11) is 0. The number of nitrogens with two attached hydrogens (primary N) is 1. The summed E-state index contributed by atoms with van der Waals surface area (Å²) in [4.78, 5) is 0. The Kier molecular flexibility index (Phi) is 4.15. The van der Waals surface area contributed by atoms with Gasteiger partial charge in [0.1, 0.15) is 0 Å². The quantitative estimate of drug-likeness (QED) is 0.778. The molecule has 0 saturated heterocycles. The van der Waals surface area contributed by atoms with Crippen molar-refractivity contribution in [1.29, 1.82) is 0 Å². The average Bonchev–Trinajstić information content (AvgIpc) is 2.01. The van der Waals surface area contributed by atoms with Crippen LogP contribution in [0.3, 0.4) is 0 Å². The summed E-state index contributed by atoms with van der Waals surface area (Å²) < 4.78 is 0. The molecule has 78 valence electrons. The minimum Gasteiger partial charge on any atom is -0.327 e. The average molecular weight is 191 g/mol. The van der Waals surface area contributed by atoms with E-state index in [1.54, 1.807) is 0 Å². The van der Waals surface area contributed by atoms with Gasteiger partial charge in [0.15, 0.2) is 0 Å². The van der Waals surface area contributed by atoms with E-state index in [2.05, 4.69) is 39.0 Å². The minimum atomic E-state index is 0.321. The predicted molar refractivity (Wildman–Crippen MR) is 62.5 cm³/mol. The van der Waals surface area contributed by atoms with E-state index in [1.807, 2.05) is 0 Å². The van der Waals surface area contributed by atoms with Crippen LogP contribution in [0.25, 0.3) is 0 Å². The molecule has 1 aromatic rings. The lowest BCUT2D eigenvalue weighted by atomic mass is 9.99. The van der Waals surface area contributed by atoms with Crippen LogP contribution >= 0.6 is 0 Å². The summed E-state index contributed by atoms with van der Waals surface area (Å²) in [6.07, 6.45) is 3.30. The molecule has 0 amide bonds. The van der Waals surface area contributed by atoms with Gasteiger partial charge in [-0.15, -0.1) is 0 Å². The molecule has 14 heavy (non-hydrogen) atoms. The molecule has 1 rings (SSSR count). The summed E-state index contributed by atoms with van der Waals surface area (Å²) >= 11 is 0.